The summed E-state index contributed by atoms with van der Waals surface area (Å²) >= 11 is 0. The average Bonchev–Trinajstić information content (AvgIpc) is 3.21. The lowest BCUT2D eigenvalue weighted by atomic mass is 9.98. The molecule has 0 aromatic carbocycles. The number of carbonyl (C=O) groups excluding carboxylic acids is 2. The number of aliphatic hydroxyl groups excluding tert-OH is 7. The molecule has 0 aromatic heterocycles. The number of rotatable bonds is 34. The molecule has 7 N–H and O–H groups in total. The van der Waals surface area contributed by atoms with E-state index < -0.39 is 92.7 Å². The van der Waals surface area contributed by atoms with Crippen molar-refractivity contribution in [2.24, 2.45) is 0 Å². The molecule has 58 heavy (non-hydrogen) atoms. The number of unbranched alkanes of at least 4 members (excludes halogenated alkanes) is 20. The number of aliphatic hydroxyl groups is 7. The molecule has 2 fully saturated rings. The zero-order chi connectivity index (χ0) is 42.5. The van der Waals surface area contributed by atoms with E-state index in [9.17, 15) is 45.3 Å². The molecule has 2 saturated heterocycles. The molecule has 11 atom stereocenters. The van der Waals surface area contributed by atoms with Crippen LogP contribution in [0.15, 0.2) is 0 Å². The molecule has 342 valence electrons. The summed E-state index contributed by atoms with van der Waals surface area (Å²) in [5.74, 6) is -0.920. The SMILES string of the molecule is CCCCCCCCCCCCCCCC(=O)OC[C@H](CO[C@@H]1O[C@H](CO[C@H]2O[C@H](CO)[C@H](O)[C@H](O)[C@H]2O)[C@H](O)[C@H](O)[C@H]1O)OC(=O)CCCCCCCCCCC. The van der Waals surface area contributed by atoms with Gasteiger partial charge in [0.25, 0.3) is 0 Å². The van der Waals surface area contributed by atoms with E-state index in [0.29, 0.717) is 12.8 Å². The number of carbonyl (C=O) groups is 2. The third-order valence-corrected chi connectivity index (χ3v) is 11.1. The maximum Gasteiger partial charge on any atom is 0.306 e. The van der Waals surface area contributed by atoms with E-state index in [4.69, 9.17) is 28.4 Å². The molecule has 0 amide bonds. The first-order valence-electron chi connectivity index (χ1n) is 22.6. The molecule has 0 radical (unpaired) electrons. The van der Waals surface area contributed by atoms with Crippen molar-refractivity contribution in [3.05, 3.63) is 0 Å². The monoisotopic (exact) mass is 837 g/mol. The molecule has 0 aromatic rings. The second kappa shape index (κ2) is 32.2. The second-order valence-electron chi connectivity index (χ2n) is 16.2. The largest absolute Gasteiger partial charge is 0.462 e. The Labute approximate surface area is 347 Å². The van der Waals surface area contributed by atoms with Crippen LogP contribution in [0.1, 0.15) is 168 Å². The van der Waals surface area contributed by atoms with Gasteiger partial charge in [-0.25, -0.2) is 0 Å². The van der Waals surface area contributed by atoms with Gasteiger partial charge in [0.1, 0.15) is 55.4 Å². The van der Waals surface area contributed by atoms with Crippen LogP contribution in [0.4, 0.5) is 0 Å². The first-order chi connectivity index (χ1) is 28.0. The van der Waals surface area contributed by atoms with E-state index in [2.05, 4.69) is 13.8 Å². The van der Waals surface area contributed by atoms with Crippen molar-refractivity contribution in [3.8, 4) is 0 Å². The van der Waals surface area contributed by atoms with Gasteiger partial charge in [-0.1, -0.05) is 142 Å². The van der Waals surface area contributed by atoms with Gasteiger partial charge in [0.2, 0.25) is 0 Å². The molecule has 0 saturated carbocycles. The molecule has 0 aliphatic carbocycles. The Balaban J connectivity index is 1.85. The lowest BCUT2D eigenvalue weighted by Gasteiger charge is -2.42. The van der Waals surface area contributed by atoms with Crippen LogP contribution in [-0.4, -0.2) is 142 Å². The lowest BCUT2D eigenvalue weighted by Crippen LogP contribution is -2.61. The molecule has 15 heteroatoms. The van der Waals surface area contributed by atoms with E-state index in [0.717, 1.165) is 38.5 Å². The summed E-state index contributed by atoms with van der Waals surface area (Å²) in [5.41, 5.74) is 0. The van der Waals surface area contributed by atoms with E-state index in [-0.39, 0.29) is 26.1 Å². The molecule has 0 unspecified atom stereocenters. The molecule has 2 rings (SSSR count). The third-order valence-electron chi connectivity index (χ3n) is 11.1. The highest BCUT2D eigenvalue weighted by molar-refractivity contribution is 5.70. The van der Waals surface area contributed by atoms with Crippen molar-refractivity contribution in [3.63, 3.8) is 0 Å². The number of ether oxygens (including phenoxy) is 6. The van der Waals surface area contributed by atoms with E-state index in [1.165, 1.54) is 89.9 Å². The predicted molar refractivity (Wildman–Crippen MR) is 215 cm³/mol. The molecule has 0 bridgehead atoms. The normalized spacial score (nSPS) is 28.0. The lowest BCUT2D eigenvalue weighted by molar-refractivity contribution is -0.332. The van der Waals surface area contributed by atoms with Gasteiger partial charge in [-0.05, 0) is 12.8 Å². The Morgan fingerprint density at radius 3 is 1.34 bits per heavy atom. The topological polar surface area (TPSA) is 231 Å². The van der Waals surface area contributed by atoms with Crippen LogP contribution in [0, 0.1) is 0 Å². The highest BCUT2D eigenvalue weighted by Gasteiger charge is 2.47. The van der Waals surface area contributed by atoms with Gasteiger partial charge < -0.3 is 64.2 Å². The van der Waals surface area contributed by atoms with Crippen molar-refractivity contribution in [2.45, 2.75) is 235 Å². The van der Waals surface area contributed by atoms with Crippen molar-refractivity contribution < 1.29 is 73.8 Å². The fourth-order valence-electron chi connectivity index (χ4n) is 7.28. The fourth-order valence-corrected chi connectivity index (χ4v) is 7.28. The Hall–Kier alpha value is -1.50. The molecule has 2 aliphatic rings. The summed E-state index contributed by atoms with van der Waals surface area (Å²) in [6.07, 6.45) is 8.74. The smallest absolute Gasteiger partial charge is 0.306 e. The fraction of sp³-hybridized carbons (Fsp3) is 0.953. The molecule has 2 aliphatic heterocycles. The van der Waals surface area contributed by atoms with Gasteiger partial charge in [-0.15, -0.1) is 0 Å². The second-order valence-corrected chi connectivity index (χ2v) is 16.2. The number of esters is 2. The minimum atomic E-state index is -1.76. The Morgan fingerprint density at radius 1 is 0.483 bits per heavy atom. The zero-order valence-corrected chi connectivity index (χ0v) is 35.5. The average molecular weight is 837 g/mol. The summed E-state index contributed by atoms with van der Waals surface area (Å²) in [6.45, 7) is 2.55. The molecule has 2 heterocycles. The highest BCUT2D eigenvalue weighted by Crippen LogP contribution is 2.26. The van der Waals surface area contributed by atoms with Gasteiger partial charge in [0, 0.05) is 12.8 Å². The van der Waals surface area contributed by atoms with Crippen LogP contribution >= 0.6 is 0 Å². The minimum Gasteiger partial charge on any atom is -0.462 e. The first-order valence-corrected chi connectivity index (χ1v) is 22.6. The molecule has 0 spiro atoms. The molecule has 15 nitrogen and oxygen atoms in total. The zero-order valence-electron chi connectivity index (χ0n) is 35.5. The summed E-state index contributed by atoms with van der Waals surface area (Å²) < 4.78 is 33.4. The summed E-state index contributed by atoms with van der Waals surface area (Å²) in [6, 6.07) is 0. The van der Waals surface area contributed by atoms with E-state index in [1.54, 1.807) is 0 Å². The van der Waals surface area contributed by atoms with E-state index >= 15 is 0 Å². The van der Waals surface area contributed by atoms with Crippen molar-refractivity contribution >= 4 is 11.9 Å². The highest BCUT2D eigenvalue weighted by atomic mass is 16.7. The first kappa shape index (κ1) is 52.6. The van der Waals surface area contributed by atoms with Gasteiger partial charge >= 0.3 is 11.9 Å². The predicted octanol–water partition coefficient (Wildman–Crippen LogP) is 4.48. The molecular weight excluding hydrogens is 756 g/mol. The van der Waals surface area contributed by atoms with E-state index in [1.807, 2.05) is 0 Å². The quantitative estimate of drug-likeness (QED) is 0.0350. The maximum atomic E-state index is 12.9. The van der Waals surface area contributed by atoms with Gasteiger partial charge in [-0.2, -0.15) is 0 Å². The van der Waals surface area contributed by atoms with Crippen LogP contribution in [0.25, 0.3) is 0 Å². The number of hydrogen-bond donors (Lipinski definition) is 7. The Bertz CT molecular complexity index is 1030. The third kappa shape index (κ3) is 21.3. The summed E-state index contributed by atoms with van der Waals surface area (Å²) in [5, 5.41) is 71.7. The summed E-state index contributed by atoms with van der Waals surface area (Å²) in [4.78, 5) is 25.5. The summed E-state index contributed by atoms with van der Waals surface area (Å²) in [7, 11) is 0. The van der Waals surface area contributed by atoms with Gasteiger partial charge in [-0.3, -0.25) is 9.59 Å². The van der Waals surface area contributed by atoms with Crippen molar-refractivity contribution in [2.75, 3.05) is 26.4 Å². The number of hydrogen-bond acceptors (Lipinski definition) is 15. The van der Waals surface area contributed by atoms with Crippen LogP contribution in [0.3, 0.4) is 0 Å². The minimum absolute atomic E-state index is 0.171. The Kier molecular flexibility index (Phi) is 29.3. The van der Waals surface area contributed by atoms with Crippen LogP contribution in [0.5, 0.6) is 0 Å². The van der Waals surface area contributed by atoms with Crippen LogP contribution in [-0.2, 0) is 38.0 Å². The van der Waals surface area contributed by atoms with Crippen molar-refractivity contribution in [1.82, 2.24) is 0 Å². The van der Waals surface area contributed by atoms with Crippen LogP contribution in [0.2, 0.25) is 0 Å². The van der Waals surface area contributed by atoms with Gasteiger partial charge in [0.05, 0.1) is 19.8 Å². The van der Waals surface area contributed by atoms with Gasteiger partial charge in [0.15, 0.2) is 18.7 Å². The standard InChI is InChI=1S/C43H80O15/c1-3-5-7-9-11-13-14-15-16-18-19-21-23-25-34(45)53-28-31(56-35(46)26-24-22-20-17-12-10-8-6-4-2)29-54-42-41(52)39(50)37(48)33(58-42)30-55-43-40(51)38(49)36(47)32(27-44)57-43/h31-33,36-44,47-52H,3-30H2,1-2H3/t31-,32-,33-,36+,37+,38+,39+,40-,41-,42-,43+/m1/s1. The Morgan fingerprint density at radius 2 is 0.879 bits per heavy atom. The molecular formula is C43H80O15. The maximum absolute atomic E-state index is 12.9. The van der Waals surface area contributed by atoms with Crippen LogP contribution < -0.4 is 0 Å². The van der Waals surface area contributed by atoms with Crippen molar-refractivity contribution in [1.29, 1.82) is 0 Å².